The number of fused-ring (bicyclic) bond motifs is 1. The Morgan fingerprint density at radius 1 is 1.05 bits per heavy atom. The summed E-state index contributed by atoms with van der Waals surface area (Å²) in [6.45, 7) is 5.75. The van der Waals surface area contributed by atoms with Gasteiger partial charge in [-0.2, -0.15) is 0 Å². The molecule has 4 aromatic rings. The first kappa shape index (κ1) is 30.3. The van der Waals surface area contributed by atoms with E-state index in [-0.39, 0.29) is 40.1 Å². The van der Waals surface area contributed by atoms with Gasteiger partial charge in [-0.15, -0.1) is 0 Å². The molecular formula is C32H26Cl2N2O6S. The van der Waals surface area contributed by atoms with E-state index in [4.69, 9.17) is 37.8 Å². The van der Waals surface area contributed by atoms with Crippen molar-refractivity contribution in [2.75, 3.05) is 6.61 Å². The van der Waals surface area contributed by atoms with Gasteiger partial charge in [-0.25, -0.2) is 14.6 Å². The SMILES string of the molecule is CCOC(=O)C1=C(C)N=c2s/c(=C/c3cc(Cl)c(OCc4ccc(C(=O)O)cc4)c(Cl)c3)c(=O)n2[C@@H]1c1ccc(C)cc1. The zero-order valence-corrected chi connectivity index (χ0v) is 25.7. The van der Waals surface area contributed by atoms with Gasteiger partial charge in [0.25, 0.3) is 5.56 Å². The smallest absolute Gasteiger partial charge is 0.338 e. The van der Waals surface area contributed by atoms with Crippen molar-refractivity contribution in [3.63, 3.8) is 0 Å². The number of carboxylic acids is 1. The molecule has 43 heavy (non-hydrogen) atoms. The van der Waals surface area contributed by atoms with E-state index in [1.54, 1.807) is 44.2 Å². The number of esters is 1. The Hall–Kier alpha value is -4.18. The minimum Gasteiger partial charge on any atom is -0.486 e. The number of hydrogen-bond donors (Lipinski definition) is 1. The molecule has 1 N–H and O–H groups in total. The minimum atomic E-state index is -1.01. The van der Waals surface area contributed by atoms with E-state index >= 15 is 0 Å². The summed E-state index contributed by atoms with van der Waals surface area (Å²) in [4.78, 5) is 43.0. The molecule has 8 nitrogen and oxygen atoms in total. The minimum absolute atomic E-state index is 0.123. The maximum absolute atomic E-state index is 13.8. The number of ether oxygens (including phenoxy) is 2. The van der Waals surface area contributed by atoms with Crippen LogP contribution >= 0.6 is 34.5 Å². The summed E-state index contributed by atoms with van der Waals surface area (Å²) >= 11 is 14.3. The molecule has 0 spiro atoms. The predicted molar refractivity (Wildman–Crippen MR) is 166 cm³/mol. The molecule has 1 aromatic heterocycles. The number of nitrogens with zero attached hydrogens (tertiary/aromatic N) is 2. The lowest BCUT2D eigenvalue weighted by molar-refractivity contribution is -0.139. The van der Waals surface area contributed by atoms with Gasteiger partial charge < -0.3 is 14.6 Å². The molecule has 1 aliphatic rings. The molecule has 5 rings (SSSR count). The molecule has 11 heteroatoms. The quantitative estimate of drug-likeness (QED) is 0.249. The van der Waals surface area contributed by atoms with Crippen molar-refractivity contribution in [2.45, 2.75) is 33.4 Å². The molecule has 0 amide bonds. The van der Waals surface area contributed by atoms with E-state index < -0.39 is 18.0 Å². The van der Waals surface area contributed by atoms with E-state index in [9.17, 15) is 14.4 Å². The number of carboxylic acid groups (broad SMARTS) is 1. The van der Waals surface area contributed by atoms with Gasteiger partial charge in [0.15, 0.2) is 10.6 Å². The fourth-order valence-electron chi connectivity index (χ4n) is 4.71. The molecule has 0 fully saturated rings. The maximum atomic E-state index is 13.8. The Labute approximate surface area is 260 Å². The van der Waals surface area contributed by atoms with E-state index in [1.165, 1.54) is 28.0 Å². The van der Waals surface area contributed by atoms with Crippen molar-refractivity contribution in [3.8, 4) is 5.75 Å². The lowest BCUT2D eigenvalue weighted by atomic mass is 9.95. The van der Waals surface area contributed by atoms with Crippen molar-refractivity contribution in [1.82, 2.24) is 4.57 Å². The van der Waals surface area contributed by atoms with Crippen molar-refractivity contribution in [2.24, 2.45) is 4.99 Å². The van der Waals surface area contributed by atoms with Crippen molar-refractivity contribution in [1.29, 1.82) is 0 Å². The highest BCUT2D eigenvalue weighted by atomic mass is 35.5. The van der Waals surface area contributed by atoms with Crippen LogP contribution in [-0.4, -0.2) is 28.2 Å². The van der Waals surface area contributed by atoms with Crippen molar-refractivity contribution >= 4 is 52.6 Å². The van der Waals surface area contributed by atoms with Crippen LogP contribution in [0.2, 0.25) is 10.0 Å². The molecule has 0 unspecified atom stereocenters. The molecular weight excluding hydrogens is 611 g/mol. The van der Waals surface area contributed by atoms with Crippen LogP contribution < -0.4 is 19.6 Å². The summed E-state index contributed by atoms with van der Waals surface area (Å²) in [6, 6.07) is 16.5. The van der Waals surface area contributed by atoms with Gasteiger partial charge in [0.1, 0.15) is 6.61 Å². The van der Waals surface area contributed by atoms with Gasteiger partial charge in [0, 0.05) is 0 Å². The Balaban J connectivity index is 1.51. The molecule has 1 aliphatic heterocycles. The fraction of sp³-hybridized carbons (Fsp3) is 0.188. The molecule has 220 valence electrons. The highest BCUT2D eigenvalue weighted by molar-refractivity contribution is 7.07. The van der Waals surface area contributed by atoms with E-state index in [2.05, 4.69) is 4.99 Å². The van der Waals surface area contributed by atoms with Crippen LogP contribution in [0.3, 0.4) is 0 Å². The number of benzene rings is 3. The third-order valence-electron chi connectivity index (χ3n) is 6.81. The van der Waals surface area contributed by atoms with Crippen LogP contribution in [0.1, 0.15) is 52.5 Å². The van der Waals surface area contributed by atoms with E-state index in [0.29, 0.717) is 26.2 Å². The van der Waals surface area contributed by atoms with Crippen LogP contribution in [0.25, 0.3) is 6.08 Å². The summed E-state index contributed by atoms with van der Waals surface area (Å²) in [7, 11) is 0. The molecule has 0 aliphatic carbocycles. The number of aromatic nitrogens is 1. The Kier molecular flexibility index (Phi) is 8.87. The first-order valence-corrected chi connectivity index (χ1v) is 14.8. The number of carbonyl (C=O) groups excluding carboxylic acids is 1. The molecule has 0 saturated carbocycles. The zero-order valence-electron chi connectivity index (χ0n) is 23.4. The van der Waals surface area contributed by atoms with Gasteiger partial charge in [-0.1, -0.05) is 76.5 Å². The van der Waals surface area contributed by atoms with Gasteiger partial charge in [-0.05, 0) is 67.8 Å². The number of aryl methyl sites for hydroxylation is 1. The van der Waals surface area contributed by atoms with Gasteiger partial charge in [-0.3, -0.25) is 9.36 Å². The standard InChI is InChI=1S/C32H26Cl2N2O6S/c1-4-41-31(40)26-18(3)35-32-36(27(26)21-9-5-17(2)6-10-21)29(37)25(43-32)15-20-13-23(33)28(24(34)14-20)42-16-19-7-11-22(12-8-19)30(38)39/h5-15,27H,4,16H2,1-3H3,(H,38,39)/b25-15+/t27-/m1/s1. The monoisotopic (exact) mass is 636 g/mol. The molecule has 2 heterocycles. The summed E-state index contributed by atoms with van der Waals surface area (Å²) in [5.41, 5.74) is 3.78. The maximum Gasteiger partial charge on any atom is 0.338 e. The molecule has 0 saturated heterocycles. The summed E-state index contributed by atoms with van der Waals surface area (Å²) in [5.74, 6) is -1.27. The van der Waals surface area contributed by atoms with Gasteiger partial charge in [0.2, 0.25) is 0 Å². The average molecular weight is 638 g/mol. The van der Waals surface area contributed by atoms with E-state index in [1.807, 2.05) is 31.2 Å². The first-order chi connectivity index (χ1) is 20.6. The third kappa shape index (κ3) is 6.29. The number of allylic oxidation sites excluding steroid dienone is 1. The highest BCUT2D eigenvalue weighted by Crippen LogP contribution is 2.35. The Morgan fingerprint density at radius 3 is 2.30 bits per heavy atom. The molecule has 0 bridgehead atoms. The normalized spacial score (nSPS) is 14.7. The molecule has 0 radical (unpaired) electrons. The number of rotatable bonds is 8. The Bertz CT molecular complexity index is 1920. The summed E-state index contributed by atoms with van der Waals surface area (Å²) < 4.78 is 13.1. The number of aromatic carboxylic acids is 1. The zero-order chi connectivity index (χ0) is 30.8. The largest absolute Gasteiger partial charge is 0.486 e. The molecule has 3 aromatic carbocycles. The first-order valence-electron chi connectivity index (χ1n) is 13.3. The average Bonchev–Trinajstić information content (AvgIpc) is 3.26. The van der Waals surface area contributed by atoms with Crippen LogP contribution in [0.15, 0.2) is 81.7 Å². The highest BCUT2D eigenvalue weighted by Gasteiger charge is 2.33. The molecule has 1 atom stereocenters. The number of thiazole rings is 1. The lowest BCUT2D eigenvalue weighted by Crippen LogP contribution is -2.39. The topological polar surface area (TPSA) is 107 Å². The number of carbonyl (C=O) groups is 2. The summed E-state index contributed by atoms with van der Waals surface area (Å²) in [5, 5.41) is 9.56. The fourth-order valence-corrected chi connectivity index (χ4v) is 6.37. The van der Waals surface area contributed by atoms with Crippen LogP contribution in [-0.2, 0) is 16.1 Å². The summed E-state index contributed by atoms with van der Waals surface area (Å²) in [6.07, 6.45) is 1.67. The second-order valence-corrected chi connectivity index (χ2v) is 11.6. The number of halogens is 2. The van der Waals surface area contributed by atoms with Crippen LogP contribution in [0.4, 0.5) is 0 Å². The van der Waals surface area contributed by atoms with Crippen molar-refractivity contribution < 1.29 is 24.2 Å². The second-order valence-electron chi connectivity index (χ2n) is 9.82. The van der Waals surface area contributed by atoms with Gasteiger partial charge >= 0.3 is 11.9 Å². The lowest BCUT2D eigenvalue weighted by Gasteiger charge is -2.24. The van der Waals surface area contributed by atoms with E-state index in [0.717, 1.165) is 16.7 Å². The number of hydrogen-bond acceptors (Lipinski definition) is 7. The Morgan fingerprint density at radius 2 is 1.70 bits per heavy atom. The second kappa shape index (κ2) is 12.6. The van der Waals surface area contributed by atoms with Crippen LogP contribution in [0.5, 0.6) is 5.75 Å². The van der Waals surface area contributed by atoms with Crippen molar-refractivity contribution in [3.05, 3.63) is 129 Å². The van der Waals surface area contributed by atoms with Gasteiger partial charge in [0.05, 0.1) is 44.1 Å². The predicted octanol–water partition coefficient (Wildman–Crippen LogP) is 5.69. The third-order valence-corrected chi connectivity index (χ3v) is 8.36. The van der Waals surface area contributed by atoms with Crippen LogP contribution in [0, 0.1) is 6.92 Å².